The molecule has 3 heteroatoms. The summed E-state index contributed by atoms with van der Waals surface area (Å²) in [5, 5.41) is 0. The molecule has 1 fully saturated rings. The van der Waals surface area contributed by atoms with E-state index in [1.54, 1.807) is 0 Å². The van der Waals surface area contributed by atoms with Gasteiger partial charge in [-0.15, -0.1) is 0 Å². The summed E-state index contributed by atoms with van der Waals surface area (Å²) in [7, 11) is 0. The zero-order valence-corrected chi connectivity index (χ0v) is 12.6. The van der Waals surface area contributed by atoms with Crippen LogP contribution in [0.3, 0.4) is 0 Å². The molecule has 0 saturated heterocycles. The highest BCUT2D eigenvalue weighted by molar-refractivity contribution is 5.97. The third-order valence-corrected chi connectivity index (χ3v) is 4.03. The van der Waals surface area contributed by atoms with E-state index in [0.29, 0.717) is 24.0 Å². The van der Waals surface area contributed by atoms with E-state index in [2.05, 4.69) is 6.92 Å². The van der Waals surface area contributed by atoms with Crippen LogP contribution in [0.2, 0.25) is 0 Å². The number of hydrogen-bond donors (Lipinski definition) is 0. The minimum atomic E-state index is 0.114. The topological polar surface area (TPSA) is 29.5 Å². The first-order valence-corrected chi connectivity index (χ1v) is 7.80. The highest BCUT2D eigenvalue weighted by Gasteiger charge is 2.26. The lowest BCUT2D eigenvalue weighted by Crippen LogP contribution is -2.41. The third-order valence-electron chi connectivity index (χ3n) is 4.03. The van der Waals surface area contributed by atoms with Crippen LogP contribution in [-0.4, -0.2) is 30.0 Å². The van der Waals surface area contributed by atoms with E-state index in [1.165, 1.54) is 19.3 Å². The first kappa shape index (κ1) is 14.9. The first-order valence-electron chi connectivity index (χ1n) is 7.80. The number of amides is 1. The van der Waals surface area contributed by atoms with E-state index in [9.17, 15) is 4.79 Å². The maximum atomic E-state index is 12.8. The average molecular weight is 275 g/mol. The van der Waals surface area contributed by atoms with Crippen molar-refractivity contribution >= 4 is 5.91 Å². The van der Waals surface area contributed by atoms with Gasteiger partial charge in [-0.2, -0.15) is 0 Å². The van der Waals surface area contributed by atoms with Crippen LogP contribution in [0.5, 0.6) is 5.75 Å². The van der Waals surface area contributed by atoms with Gasteiger partial charge in [0.15, 0.2) is 0 Å². The summed E-state index contributed by atoms with van der Waals surface area (Å²) in [4.78, 5) is 14.8. The van der Waals surface area contributed by atoms with Crippen molar-refractivity contribution in [2.75, 3.05) is 13.2 Å². The Morgan fingerprint density at radius 1 is 1.20 bits per heavy atom. The molecule has 0 unspecified atom stereocenters. The molecule has 0 radical (unpaired) electrons. The van der Waals surface area contributed by atoms with Crippen LogP contribution in [0.1, 0.15) is 56.3 Å². The zero-order valence-electron chi connectivity index (χ0n) is 12.6. The van der Waals surface area contributed by atoms with Crippen LogP contribution < -0.4 is 4.74 Å². The second kappa shape index (κ2) is 7.32. The molecule has 0 aromatic heterocycles. The van der Waals surface area contributed by atoms with Gasteiger partial charge in [-0.25, -0.2) is 0 Å². The lowest BCUT2D eigenvalue weighted by atomic mass is 9.93. The first-order chi connectivity index (χ1) is 9.77. The summed E-state index contributed by atoms with van der Waals surface area (Å²) in [5.74, 6) is 0.817. The lowest BCUT2D eigenvalue weighted by molar-refractivity contribution is 0.0644. The quantitative estimate of drug-likeness (QED) is 0.816. The van der Waals surface area contributed by atoms with Crippen LogP contribution in [0, 0.1) is 0 Å². The zero-order chi connectivity index (χ0) is 14.4. The molecule has 2 rings (SSSR count). The molecule has 1 saturated carbocycles. The fraction of sp³-hybridized carbons (Fsp3) is 0.588. The maximum Gasteiger partial charge on any atom is 0.257 e. The second-order valence-corrected chi connectivity index (χ2v) is 5.31. The monoisotopic (exact) mass is 275 g/mol. The van der Waals surface area contributed by atoms with Gasteiger partial charge < -0.3 is 9.64 Å². The molecule has 1 amide bonds. The second-order valence-electron chi connectivity index (χ2n) is 5.31. The molecule has 0 N–H and O–H groups in total. The van der Waals surface area contributed by atoms with Crippen molar-refractivity contribution in [3.63, 3.8) is 0 Å². The molecule has 1 aromatic rings. The molecular weight excluding hydrogens is 250 g/mol. The van der Waals surface area contributed by atoms with Crippen molar-refractivity contribution in [3.05, 3.63) is 29.8 Å². The van der Waals surface area contributed by atoms with Crippen molar-refractivity contribution in [1.29, 1.82) is 0 Å². The molecule has 110 valence electrons. The van der Waals surface area contributed by atoms with Crippen LogP contribution in [0.4, 0.5) is 0 Å². The minimum absolute atomic E-state index is 0.114. The molecule has 1 aliphatic carbocycles. The van der Waals surface area contributed by atoms with Crippen molar-refractivity contribution in [3.8, 4) is 5.75 Å². The summed E-state index contributed by atoms with van der Waals surface area (Å²) in [5.41, 5.74) is 0.696. The van der Waals surface area contributed by atoms with Crippen LogP contribution in [0.25, 0.3) is 0 Å². The Kier molecular flexibility index (Phi) is 5.45. The molecule has 0 atom stereocenters. The Bertz CT molecular complexity index is 438. The minimum Gasteiger partial charge on any atom is -0.493 e. The predicted octanol–water partition coefficient (Wildman–Crippen LogP) is 3.88. The van der Waals surface area contributed by atoms with Crippen molar-refractivity contribution in [2.24, 2.45) is 0 Å². The molecule has 3 nitrogen and oxygen atoms in total. The van der Waals surface area contributed by atoms with E-state index in [1.807, 2.05) is 36.1 Å². The summed E-state index contributed by atoms with van der Waals surface area (Å²) in [6.07, 6.45) is 6.05. The van der Waals surface area contributed by atoms with E-state index in [0.717, 1.165) is 19.4 Å². The third kappa shape index (κ3) is 3.33. The average Bonchev–Trinajstić information content (AvgIpc) is 2.50. The Balaban J connectivity index is 2.19. The normalized spacial score (nSPS) is 15.9. The van der Waals surface area contributed by atoms with Gasteiger partial charge in [0, 0.05) is 12.6 Å². The van der Waals surface area contributed by atoms with Gasteiger partial charge >= 0.3 is 0 Å². The molecule has 20 heavy (non-hydrogen) atoms. The van der Waals surface area contributed by atoms with Crippen LogP contribution >= 0.6 is 0 Å². The van der Waals surface area contributed by atoms with Gasteiger partial charge in [0.05, 0.1) is 12.2 Å². The molecular formula is C17H25NO2. The summed E-state index contributed by atoms with van der Waals surface area (Å²) < 4.78 is 5.59. The van der Waals surface area contributed by atoms with Gasteiger partial charge in [0.2, 0.25) is 0 Å². The Hall–Kier alpha value is -1.51. The Labute approximate surface area is 121 Å². The fourth-order valence-corrected chi connectivity index (χ4v) is 3.04. The standard InChI is InChI=1S/C17H25NO2/c1-3-18(14-10-6-5-7-11-14)17(19)15-12-8-9-13-16(15)20-4-2/h8-9,12-14H,3-7,10-11H2,1-2H3. The van der Waals surface area contributed by atoms with Gasteiger partial charge in [-0.05, 0) is 38.8 Å². The van der Waals surface area contributed by atoms with Gasteiger partial charge in [-0.3, -0.25) is 4.79 Å². The smallest absolute Gasteiger partial charge is 0.257 e. The molecule has 1 aromatic carbocycles. The maximum absolute atomic E-state index is 12.8. The highest BCUT2D eigenvalue weighted by Crippen LogP contribution is 2.26. The van der Waals surface area contributed by atoms with E-state index in [4.69, 9.17) is 4.74 Å². The molecule has 1 aliphatic rings. The van der Waals surface area contributed by atoms with Gasteiger partial charge in [0.25, 0.3) is 5.91 Å². The fourth-order valence-electron chi connectivity index (χ4n) is 3.04. The van der Waals surface area contributed by atoms with E-state index >= 15 is 0 Å². The largest absolute Gasteiger partial charge is 0.493 e. The van der Waals surface area contributed by atoms with Crippen molar-refractivity contribution in [2.45, 2.75) is 52.0 Å². The Morgan fingerprint density at radius 2 is 1.90 bits per heavy atom. The lowest BCUT2D eigenvalue weighted by Gasteiger charge is -2.34. The molecule has 0 spiro atoms. The predicted molar refractivity (Wildman–Crippen MR) is 81.2 cm³/mol. The SMILES string of the molecule is CCOc1ccccc1C(=O)N(CC)C1CCCCC1. The summed E-state index contributed by atoms with van der Waals surface area (Å²) in [6, 6.07) is 7.98. The number of para-hydroxylation sites is 1. The van der Waals surface area contributed by atoms with Crippen LogP contribution in [0.15, 0.2) is 24.3 Å². The molecule has 0 aliphatic heterocycles. The molecule has 0 bridgehead atoms. The number of ether oxygens (including phenoxy) is 1. The van der Waals surface area contributed by atoms with E-state index < -0.39 is 0 Å². The number of rotatable bonds is 5. The van der Waals surface area contributed by atoms with Crippen molar-refractivity contribution < 1.29 is 9.53 Å². The van der Waals surface area contributed by atoms with E-state index in [-0.39, 0.29) is 5.91 Å². The summed E-state index contributed by atoms with van der Waals surface area (Å²) >= 11 is 0. The van der Waals surface area contributed by atoms with Crippen molar-refractivity contribution in [1.82, 2.24) is 4.90 Å². The molecule has 0 heterocycles. The highest BCUT2D eigenvalue weighted by atomic mass is 16.5. The number of benzene rings is 1. The number of carbonyl (C=O) groups is 1. The van der Waals surface area contributed by atoms with Gasteiger partial charge in [0.1, 0.15) is 5.75 Å². The number of nitrogens with zero attached hydrogens (tertiary/aromatic N) is 1. The number of carbonyl (C=O) groups excluding carboxylic acids is 1. The number of hydrogen-bond acceptors (Lipinski definition) is 2. The summed E-state index contributed by atoms with van der Waals surface area (Å²) in [6.45, 7) is 5.36. The van der Waals surface area contributed by atoms with Gasteiger partial charge in [-0.1, -0.05) is 31.4 Å². The Morgan fingerprint density at radius 3 is 2.55 bits per heavy atom. The van der Waals surface area contributed by atoms with Crippen LogP contribution in [-0.2, 0) is 0 Å².